The zero-order chi connectivity index (χ0) is 14.5. The molecule has 1 aliphatic heterocycles. The Hall–Kier alpha value is -1.42. The number of hydrogen-bond acceptors (Lipinski definition) is 3. The van der Waals surface area contributed by atoms with Crippen LogP contribution in [0.15, 0.2) is 24.4 Å². The van der Waals surface area contributed by atoms with E-state index in [1.807, 2.05) is 18.2 Å². The molecule has 1 aromatic rings. The van der Waals surface area contributed by atoms with E-state index in [4.69, 9.17) is 0 Å². The molecule has 2 fully saturated rings. The molecular weight excluding hydrogens is 262 g/mol. The Kier molecular flexibility index (Phi) is 4.86. The number of aryl methyl sites for hydroxylation is 1. The number of hydrogen-bond donors (Lipinski definition) is 1. The van der Waals surface area contributed by atoms with Crippen molar-refractivity contribution in [3.8, 4) is 0 Å². The molecule has 1 unspecified atom stereocenters. The molecule has 4 heteroatoms. The smallest absolute Gasteiger partial charge is 0.223 e. The van der Waals surface area contributed by atoms with Gasteiger partial charge in [0.2, 0.25) is 5.91 Å². The van der Waals surface area contributed by atoms with E-state index in [1.54, 1.807) is 6.20 Å². The fourth-order valence-electron chi connectivity index (χ4n) is 3.12. The quantitative estimate of drug-likeness (QED) is 0.870. The lowest BCUT2D eigenvalue weighted by Gasteiger charge is -2.30. The maximum atomic E-state index is 12.5. The zero-order valence-corrected chi connectivity index (χ0v) is 12.6. The van der Waals surface area contributed by atoms with Crippen molar-refractivity contribution < 1.29 is 4.79 Å². The molecule has 0 radical (unpaired) electrons. The van der Waals surface area contributed by atoms with Crippen molar-refractivity contribution in [2.45, 2.75) is 44.6 Å². The number of piperidine rings is 1. The Morgan fingerprint density at radius 3 is 2.90 bits per heavy atom. The van der Waals surface area contributed by atoms with E-state index in [2.05, 4.69) is 15.2 Å². The van der Waals surface area contributed by atoms with Gasteiger partial charge < -0.3 is 10.2 Å². The van der Waals surface area contributed by atoms with Crippen LogP contribution in [0.25, 0.3) is 0 Å². The zero-order valence-electron chi connectivity index (χ0n) is 12.6. The summed E-state index contributed by atoms with van der Waals surface area (Å²) in [7, 11) is 0. The van der Waals surface area contributed by atoms with Gasteiger partial charge in [0.25, 0.3) is 0 Å². The molecule has 0 spiro atoms. The van der Waals surface area contributed by atoms with Crippen molar-refractivity contribution in [3.63, 3.8) is 0 Å². The summed E-state index contributed by atoms with van der Waals surface area (Å²) in [5.74, 6) is 0.951. The van der Waals surface area contributed by atoms with Crippen LogP contribution in [-0.4, -0.2) is 41.5 Å². The van der Waals surface area contributed by atoms with Gasteiger partial charge in [-0.15, -0.1) is 0 Å². The van der Waals surface area contributed by atoms with E-state index in [0.717, 1.165) is 31.7 Å². The predicted octanol–water partition coefficient (Wildman–Crippen LogP) is 2.00. The van der Waals surface area contributed by atoms with Crippen LogP contribution >= 0.6 is 0 Å². The Morgan fingerprint density at radius 2 is 2.24 bits per heavy atom. The number of nitrogens with zero attached hydrogens (tertiary/aromatic N) is 2. The minimum atomic E-state index is 0.314. The van der Waals surface area contributed by atoms with Crippen molar-refractivity contribution >= 4 is 5.91 Å². The lowest BCUT2D eigenvalue weighted by atomic mass is 9.98. The third kappa shape index (κ3) is 4.27. The van der Waals surface area contributed by atoms with Crippen LogP contribution < -0.4 is 5.32 Å². The first-order chi connectivity index (χ1) is 10.3. The Labute approximate surface area is 126 Å². The lowest BCUT2D eigenvalue weighted by molar-refractivity contribution is -0.132. The van der Waals surface area contributed by atoms with Crippen molar-refractivity contribution in [3.05, 3.63) is 30.1 Å². The minimum absolute atomic E-state index is 0.314. The van der Waals surface area contributed by atoms with Gasteiger partial charge in [0.1, 0.15) is 0 Å². The van der Waals surface area contributed by atoms with Crippen LogP contribution in [0.2, 0.25) is 0 Å². The first kappa shape index (κ1) is 14.5. The SMILES string of the molecule is O=C(CCc1ccccn1)N(CC1CCCNC1)C1CC1. The van der Waals surface area contributed by atoms with Gasteiger partial charge in [-0.2, -0.15) is 0 Å². The van der Waals surface area contributed by atoms with Crippen LogP contribution in [0, 0.1) is 5.92 Å². The Bertz CT molecular complexity index is 452. The van der Waals surface area contributed by atoms with Gasteiger partial charge in [0.15, 0.2) is 0 Å². The number of pyridine rings is 1. The van der Waals surface area contributed by atoms with E-state index in [-0.39, 0.29) is 0 Å². The van der Waals surface area contributed by atoms with E-state index in [0.29, 0.717) is 24.3 Å². The standard InChI is InChI=1S/C17H25N3O/c21-17(9-6-15-5-1-2-11-19-15)20(16-7-8-16)13-14-4-3-10-18-12-14/h1-2,5,11,14,16,18H,3-4,6-10,12-13H2. The van der Waals surface area contributed by atoms with Gasteiger partial charge in [-0.05, 0) is 63.2 Å². The van der Waals surface area contributed by atoms with Gasteiger partial charge in [0.05, 0.1) is 0 Å². The molecule has 0 aromatic carbocycles. The predicted molar refractivity (Wildman–Crippen MR) is 82.9 cm³/mol. The summed E-state index contributed by atoms with van der Waals surface area (Å²) in [4.78, 5) is 19.0. The number of carbonyl (C=O) groups is 1. The summed E-state index contributed by atoms with van der Waals surface area (Å²) in [6.45, 7) is 3.14. The minimum Gasteiger partial charge on any atom is -0.339 e. The number of amides is 1. The van der Waals surface area contributed by atoms with Gasteiger partial charge in [-0.25, -0.2) is 0 Å². The number of nitrogens with one attached hydrogen (secondary N) is 1. The van der Waals surface area contributed by atoms with Crippen molar-refractivity contribution in [1.82, 2.24) is 15.2 Å². The average Bonchev–Trinajstić information content (AvgIpc) is 3.37. The molecule has 2 aliphatic rings. The largest absolute Gasteiger partial charge is 0.339 e. The summed E-state index contributed by atoms with van der Waals surface area (Å²) in [6, 6.07) is 6.42. The van der Waals surface area contributed by atoms with Gasteiger partial charge in [0, 0.05) is 30.9 Å². The summed E-state index contributed by atoms with van der Waals surface area (Å²) in [5, 5.41) is 3.45. The highest BCUT2D eigenvalue weighted by atomic mass is 16.2. The van der Waals surface area contributed by atoms with Crippen LogP contribution in [0.5, 0.6) is 0 Å². The van der Waals surface area contributed by atoms with Crippen LogP contribution in [0.1, 0.15) is 37.8 Å². The fraction of sp³-hybridized carbons (Fsp3) is 0.647. The molecule has 1 saturated heterocycles. The molecular formula is C17H25N3O. The molecule has 1 saturated carbocycles. The molecule has 1 amide bonds. The summed E-state index contributed by atoms with van der Waals surface area (Å²) < 4.78 is 0. The molecule has 21 heavy (non-hydrogen) atoms. The second-order valence-corrected chi connectivity index (χ2v) is 6.31. The third-order valence-corrected chi connectivity index (χ3v) is 4.48. The van der Waals surface area contributed by atoms with Crippen molar-refractivity contribution in [2.75, 3.05) is 19.6 Å². The monoisotopic (exact) mass is 287 g/mol. The molecule has 1 aromatic heterocycles. The highest BCUT2D eigenvalue weighted by molar-refractivity contribution is 5.77. The highest BCUT2D eigenvalue weighted by Crippen LogP contribution is 2.29. The lowest BCUT2D eigenvalue weighted by Crippen LogP contribution is -2.42. The molecule has 3 rings (SSSR count). The molecule has 1 N–H and O–H groups in total. The van der Waals surface area contributed by atoms with Crippen molar-refractivity contribution in [2.24, 2.45) is 5.92 Å². The van der Waals surface area contributed by atoms with E-state index < -0.39 is 0 Å². The van der Waals surface area contributed by atoms with Crippen LogP contribution in [0.3, 0.4) is 0 Å². The van der Waals surface area contributed by atoms with E-state index in [9.17, 15) is 4.79 Å². The molecule has 0 bridgehead atoms. The third-order valence-electron chi connectivity index (χ3n) is 4.48. The molecule has 1 atom stereocenters. The molecule has 4 nitrogen and oxygen atoms in total. The first-order valence-electron chi connectivity index (χ1n) is 8.23. The highest BCUT2D eigenvalue weighted by Gasteiger charge is 2.33. The van der Waals surface area contributed by atoms with Crippen LogP contribution in [-0.2, 0) is 11.2 Å². The second-order valence-electron chi connectivity index (χ2n) is 6.31. The fourth-order valence-corrected chi connectivity index (χ4v) is 3.12. The van der Waals surface area contributed by atoms with Crippen molar-refractivity contribution in [1.29, 1.82) is 0 Å². The maximum Gasteiger partial charge on any atom is 0.223 e. The van der Waals surface area contributed by atoms with Gasteiger partial charge >= 0.3 is 0 Å². The summed E-state index contributed by atoms with van der Waals surface area (Å²) >= 11 is 0. The molecule has 114 valence electrons. The maximum absolute atomic E-state index is 12.5. The van der Waals surface area contributed by atoms with Gasteiger partial charge in [-0.1, -0.05) is 6.07 Å². The summed E-state index contributed by atoms with van der Waals surface area (Å²) in [5.41, 5.74) is 1.01. The van der Waals surface area contributed by atoms with Crippen LogP contribution in [0.4, 0.5) is 0 Å². The summed E-state index contributed by atoms with van der Waals surface area (Å²) in [6.07, 6.45) is 8.02. The molecule has 1 aliphatic carbocycles. The first-order valence-corrected chi connectivity index (χ1v) is 8.23. The molecule has 2 heterocycles. The number of carbonyl (C=O) groups excluding carboxylic acids is 1. The Balaban J connectivity index is 1.52. The van der Waals surface area contributed by atoms with Gasteiger partial charge in [-0.3, -0.25) is 9.78 Å². The number of aromatic nitrogens is 1. The van der Waals surface area contributed by atoms with E-state index in [1.165, 1.54) is 25.7 Å². The Morgan fingerprint density at radius 1 is 1.33 bits per heavy atom. The normalized spacial score (nSPS) is 22.0. The number of rotatable bonds is 6. The average molecular weight is 287 g/mol. The second kappa shape index (κ2) is 7.03. The van der Waals surface area contributed by atoms with E-state index >= 15 is 0 Å². The topological polar surface area (TPSA) is 45.2 Å².